The Bertz CT molecular complexity index is 919. The Kier molecular flexibility index (Phi) is 5.85. The molecule has 152 valence electrons. The number of nitrogens with one attached hydrogen (secondary N) is 1. The third-order valence-electron chi connectivity index (χ3n) is 5.99. The lowest BCUT2D eigenvalue weighted by Crippen LogP contribution is -2.48. The Hall–Kier alpha value is -2.41. The number of likely N-dealkylation sites (tertiary alicyclic amines) is 1. The molecule has 1 aromatic heterocycles. The molecule has 0 spiro atoms. The number of aromatic nitrogens is 1. The van der Waals surface area contributed by atoms with Gasteiger partial charge in [-0.25, -0.2) is 0 Å². The predicted octanol–water partition coefficient (Wildman–Crippen LogP) is 3.47. The maximum Gasteiger partial charge on any atom is 0.247 e. The van der Waals surface area contributed by atoms with Crippen molar-refractivity contribution < 1.29 is 14.4 Å². The number of carbonyl (C=O) groups is 3. The van der Waals surface area contributed by atoms with Gasteiger partial charge >= 0.3 is 0 Å². The van der Waals surface area contributed by atoms with Crippen LogP contribution in [0.5, 0.6) is 0 Å². The summed E-state index contributed by atoms with van der Waals surface area (Å²) in [5, 5.41) is 3.79. The van der Waals surface area contributed by atoms with Crippen molar-refractivity contribution in [2.45, 2.75) is 38.1 Å². The topological polar surface area (TPSA) is 79.4 Å². The highest BCUT2D eigenvalue weighted by molar-refractivity contribution is 7.98. The minimum atomic E-state index is -0.778. The molecule has 0 bridgehead atoms. The van der Waals surface area contributed by atoms with Crippen LogP contribution in [-0.4, -0.2) is 45.7 Å². The van der Waals surface area contributed by atoms with E-state index in [0.717, 1.165) is 36.6 Å². The molecule has 3 unspecified atom stereocenters. The van der Waals surface area contributed by atoms with Crippen LogP contribution in [0.15, 0.2) is 36.5 Å². The first-order valence-electron chi connectivity index (χ1n) is 10.1. The fraction of sp³-hybridized carbons (Fsp3) is 0.455. The molecule has 3 atom stereocenters. The van der Waals surface area contributed by atoms with Crippen LogP contribution in [0.25, 0.3) is 10.9 Å². The molecule has 2 fully saturated rings. The predicted molar refractivity (Wildman–Crippen MR) is 114 cm³/mol. The smallest absolute Gasteiger partial charge is 0.247 e. The lowest BCUT2D eigenvalue weighted by atomic mass is 9.81. The number of thioether (sulfide) groups is 1. The molecule has 7 heteroatoms. The van der Waals surface area contributed by atoms with Crippen LogP contribution in [-0.2, 0) is 14.4 Å². The minimum Gasteiger partial charge on any atom is -0.324 e. The van der Waals surface area contributed by atoms with Crippen LogP contribution in [0.4, 0.5) is 5.69 Å². The van der Waals surface area contributed by atoms with Crippen LogP contribution in [0.3, 0.4) is 0 Å². The summed E-state index contributed by atoms with van der Waals surface area (Å²) in [6, 6.07) is 8.48. The highest BCUT2D eigenvalue weighted by Gasteiger charge is 2.51. The fourth-order valence-electron chi connectivity index (χ4n) is 4.53. The van der Waals surface area contributed by atoms with E-state index < -0.39 is 6.04 Å². The van der Waals surface area contributed by atoms with Crippen molar-refractivity contribution in [3.05, 3.63) is 36.5 Å². The standard InChI is InChI=1S/C22H25N3O3S/c1-29-13-11-19(25-21(27)14-6-2-3-7-15(14)22(25)28)20(26)24-18-10-4-9-17-16(18)8-5-12-23-17/h4-5,8-10,12,14-15,19H,2-3,6-7,11,13H2,1H3,(H,24,26). The second-order valence-corrected chi connectivity index (χ2v) is 8.69. The second-order valence-electron chi connectivity index (χ2n) is 7.71. The number of rotatable bonds is 6. The van der Waals surface area contributed by atoms with Crippen LogP contribution >= 0.6 is 11.8 Å². The number of imide groups is 1. The van der Waals surface area contributed by atoms with E-state index in [4.69, 9.17) is 0 Å². The van der Waals surface area contributed by atoms with E-state index in [-0.39, 0.29) is 29.6 Å². The molecule has 1 aliphatic heterocycles. The maximum absolute atomic E-state index is 13.3. The summed E-state index contributed by atoms with van der Waals surface area (Å²) in [7, 11) is 0. The van der Waals surface area contributed by atoms with Crippen LogP contribution in [0.2, 0.25) is 0 Å². The summed E-state index contributed by atoms with van der Waals surface area (Å²) in [5.74, 6) is -0.441. The molecule has 4 rings (SSSR count). The van der Waals surface area contributed by atoms with Crippen molar-refractivity contribution in [2.75, 3.05) is 17.3 Å². The third-order valence-corrected chi connectivity index (χ3v) is 6.63. The van der Waals surface area contributed by atoms with E-state index in [1.807, 2.05) is 36.6 Å². The zero-order valence-electron chi connectivity index (χ0n) is 16.5. The average Bonchev–Trinajstić information content (AvgIpc) is 3.00. The quantitative estimate of drug-likeness (QED) is 0.737. The summed E-state index contributed by atoms with van der Waals surface area (Å²) in [4.78, 5) is 44.9. The van der Waals surface area contributed by atoms with Gasteiger partial charge in [-0.15, -0.1) is 0 Å². The third kappa shape index (κ3) is 3.75. The van der Waals surface area contributed by atoms with Gasteiger partial charge in [0.15, 0.2) is 0 Å². The van der Waals surface area contributed by atoms with Gasteiger partial charge in [0.1, 0.15) is 6.04 Å². The number of hydrogen-bond acceptors (Lipinski definition) is 5. The van der Waals surface area contributed by atoms with Gasteiger partial charge in [0.2, 0.25) is 17.7 Å². The highest BCUT2D eigenvalue weighted by Crippen LogP contribution is 2.39. The van der Waals surface area contributed by atoms with Crippen molar-refractivity contribution in [3.63, 3.8) is 0 Å². The maximum atomic E-state index is 13.3. The Morgan fingerprint density at radius 1 is 1.17 bits per heavy atom. The summed E-state index contributed by atoms with van der Waals surface area (Å²) in [6.45, 7) is 0. The van der Waals surface area contributed by atoms with Gasteiger partial charge in [0.25, 0.3) is 0 Å². The second kappa shape index (κ2) is 8.53. The molecule has 2 aliphatic rings. The molecule has 2 aromatic rings. The number of hydrogen-bond donors (Lipinski definition) is 1. The molecule has 1 aliphatic carbocycles. The molecule has 2 heterocycles. The number of anilines is 1. The molecule has 0 radical (unpaired) electrons. The zero-order valence-corrected chi connectivity index (χ0v) is 17.3. The Balaban J connectivity index is 1.61. The average molecular weight is 412 g/mol. The lowest BCUT2D eigenvalue weighted by molar-refractivity contribution is -0.146. The summed E-state index contributed by atoms with van der Waals surface area (Å²) in [5.41, 5.74) is 1.43. The van der Waals surface area contributed by atoms with Crippen molar-refractivity contribution in [2.24, 2.45) is 11.8 Å². The van der Waals surface area contributed by atoms with Gasteiger partial charge in [-0.2, -0.15) is 11.8 Å². The molecule has 1 N–H and O–H groups in total. The number of fused-ring (bicyclic) bond motifs is 2. The monoisotopic (exact) mass is 411 g/mol. The molecule has 1 saturated heterocycles. The van der Waals surface area contributed by atoms with E-state index in [1.54, 1.807) is 18.0 Å². The number of benzene rings is 1. The summed E-state index contributed by atoms with van der Waals surface area (Å²) < 4.78 is 0. The first kappa shape index (κ1) is 19.9. The highest BCUT2D eigenvalue weighted by atomic mass is 32.2. The largest absolute Gasteiger partial charge is 0.324 e. The van der Waals surface area contributed by atoms with Crippen LogP contribution in [0.1, 0.15) is 32.1 Å². The molecular weight excluding hydrogens is 386 g/mol. The van der Waals surface area contributed by atoms with Crippen molar-refractivity contribution >= 4 is 46.1 Å². The first-order chi connectivity index (χ1) is 14.1. The van der Waals surface area contributed by atoms with Gasteiger partial charge in [0.05, 0.1) is 23.0 Å². The minimum absolute atomic E-state index is 0.166. The number of carbonyl (C=O) groups excluding carboxylic acids is 3. The fourth-order valence-corrected chi connectivity index (χ4v) is 4.99. The van der Waals surface area contributed by atoms with Crippen LogP contribution < -0.4 is 5.32 Å². The Morgan fingerprint density at radius 2 is 1.90 bits per heavy atom. The van der Waals surface area contributed by atoms with Gasteiger partial charge < -0.3 is 5.32 Å². The number of pyridine rings is 1. The van der Waals surface area contributed by atoms with Crippen LogP contribution in [0, 0.1) is 11.8 Å². The Morgan fingerprint density at radius 3 is 2.59 bits per heavy atom. The number of nitrogens with zero attached hydrogens (tertiary/aromatic N) is 2. The molecule has 29 heavy (non-hydrogen) atoms. The van der Waals surface area contributed by atoms with Gasteiger partial charge in [-0.1, -0.05) is 18.9 Å². The molecular formula is C22H25N3O3S. The zero-order chi connectivity index (χ0) is 20.4. The van der Waals surface area contributed by atoms with E-state index in [1.165, 1.54) is 4.90 Å². The van der Waals surface area contributed by atoms with E-state index in [9.17, 15) is 14.4 Å². The molecule has 3 amide bonds. The van der Waals surface area contributed by atoms with E-state index >= 15 is 0 Å². The van der Waals surface area contributed by atoms with E-state index in [2.05, 4.69) is 10.3 Å². The first-order valence-corrected chi connectivity index (χ1v) is 11.5. The summed E-state index contributed by atoms with van der Waals surface area (Å²) in [6.07, 6.45) is 7.55. The number of amides is 3. The molecule has 1 saturated carbocycles. The SMILES string of the molecule is CSCCC(C(=O)Nc1cccc2ncccc12)N1C(=O)C2CCCCC2C1=O. The molecule has 1 aromatic carbocycles. The summed E-state index contributed by atoms with van der Waals surface area (Å²) >= 11 is 1.60. The van der Waals surface area contributed by atoms with Gasteiger partial charge in [-0.3, -0.25) is 24.3 Å². The van der Waals surface area contributed by atoms with Gasteiger partial charge in [-0.05, 0) is 55.5 Å². The van der Waals surface area contributed by atoms with Crippen molar-refractivity contribution in [3.8, 4) is 0 Å². The van der Waals surface area contributed by atoms with Gasteiger partial charge in [0, 0.05) is 11.6 Å². The van der Waals surface area contributed by atoms with Crippen molar-refractivity contribution in [1.29, 1.82) is 0 Å². The lowest BCUT2D eigenvalue weighted by Gasteiger charge is -2.26. The Labute approximate surface area is 174 Å². The van der Waals surface area contributed by atoms with E-state index in [0.29, 0.717) is 17.9 Å². The normalized spacial score (nSPS) is 22.6. The molecule has 6 nitrogen and oxygen atoms in total. The van der Waals surface area contributed by atoms with Crippen molar-refractivity contribution in [1.82, 2.24) is 9.88 Å².